The first kappa shape index (κ1) is 20.4. The Hall–Kier alpha value is -2.91. The van der Waals surface area contributed by atoms with Gasteiger partial charge in [0.25, 0.3) is 0 Å². The Morgan fingerprint density at radius 2 is 1.73 bits per heavy atom. The lowest BCUT2D eigenvalue weighted by molar-refractivity contribution is 0.628. The minimum Gasteiger partial charge on any atom is -0.278 e. The number of hydrogen-bond acceptors (Lipinski definition) is 1. The van der Waals surface area contributed by atoms with Gasteiger partial charge in [0.15, 0.2) is 0 Å². The average Bonchev–Trinajstić information content (AvgIpc) is 3.20. The Kier molecular flexibility index (Phi) is 5.74. The fourth-order valence-corrected chi connectivity index (χ4v) is 4.17. The van der Waals surface area contributed by atoms with Gasteiger partial charge in [0, 0.05) is 5.39 Å². The molecule has 3 aromatic carbocycles. The van der Waals surface area contributed by atoms with Crippen LogP contribution in [0, 0.1) is 5.82 Å². The second-order valence-corrected chi connectivity index (χ2v) is 8.19. The number of H-pyrrole nitrogens is 1. The standard InChI is InChI=1S/C26H24ClFN2/c1-4-22(23-11-10-21(28)14-24(23)27)26(18-7-5-17(6-8-18)16(2)3)19-9-12-25-20(13-19)15-29-30-25/h5-16H,4H2,1-3H3,(H,29,30)/b26-22+. The summed E-state index contributed by atoms with van der Waals surface area (Å²) in [7, 11) is 0. The molecule has 0 bridgehead atoms. The molecule has 0 saturated heterocycles. The van der Waals surface area contributed by atoms with E-state index >= 15 is 0 Å². The summed E-state index contributed by atoms with van der Waals surface area (Å²) < 4.78 is 13.7. The molecule has 0 radical (unpaired) electrons. The summed E-state index contributed by atoms with van der Waals surface area (Å²) in [5, 5.41) is 8.62. The lowest BCUT2D eigenvalue weighted by atomic mass is 9.87. The molecule has 1 N–H and O–H groups in total. The number of hydrogen-bond donors (Lipinski definition) is 1. The van der Waals surface area contributed by atoms with E-state index in [0.717, 1.165) is 45.2 Å². The van der Waals surface area contributed by atoms with Crippen molar-refractivity contribution in [3.8, 4) is 0 Å². The fourth-order valence-electron chi connectivity index (χ4n) is 3.88. The molecule has 0 amide bonds. The van der Waals surface area contributed by atoms with Gasteiger partial charge in [0.05, 0.1) is 16.7 Å². The van der Waals surface area contributed by atoms with Crippen molar-refractivity contribution in [1.82, 2.24) is 10.2 Å². The van der Waals surface area contributed by atoms with E-state index in [9.17, 15) is 4.39 Å². The van der Waals surface area contributed by atoms with Crippen LogP contribution in [0.25, 0.3) is 22.0 Å². The van der Waals surface area contributed by atoms with E-state index in [-0.39, 0.29) is 5.82 Å². The maximum absolute atomic E-state index is 13.7. The lowest BCUT2D eigenvalue weighted by Crippen LogP contribution is -1.97. The predicted octanol–water partition coefficient (Wildman–Crippen LogP) is 7.85. The third-order valence-electron chi connectivity index (χ3n) is 5.51. The highest BCUT2D eigenvalue weighted by atomic mass is 35.5. The first-order valence-electron chi connectivity index (χ1n) is 10.2. The van der Waals surface area contributed by atoms with Crippen LogP contribution in [0.4, 0.5) is 4.39 Å². The minimum absolute atomic E-state index is 0.332. The Balaban J connectivity index is 1.99. The van der Waals surface area contributed by atoms with Gasteiger partial charge >= 0.3 is 0 Å². The number of benzene rings is 3. The van der Waals surface area contributed by atoms with E-state index in [2.05, 4.69) is 67.4 Å². The van der Waals surface area contributed by atoms with Gasteiger partial charge in [-0.1, -0.05) is 68.8 Å². The summed E-state index contributed by atoms with van der Waals surface area (Å²) in [6.07, 6.45) is 2.59. The zero-order chi connectivity index (χ0) is 21.3. The molecule has 4 heteroatoms. The monoisotopic (exact) mass is 418 g/mol. The second-order valence-electron chi connectivity index (χ2n) is 7.78. The Labute approximate surface area is 181 Å². The van der Waals surface area contributed by atoms with E-state index in [4.69, 9.17) is 11.6 Å². The fraction of sp³-hybridized carbons (Fsp3) is 0.192. The molecule has 2 nitrogen and oxygen atoms in total. The summed E-state index contributed by atoms with van der Waals surface area (Å²) in [4.78, 5) is 0. The van der Waals surface area contributed by atoms with Crippen molar-refractivity contribution < 1.29 is 4.39 Å². The zero-order valence-electron chi connectivity index (χ0n) is 17.3. The number of nitrogens with one attached hydrogen (secondary N) is 1. The number of halogens is 2. The molecule has 0 aliphatic carbocycles. The maximum atomic E-state index is 13.7. The molecule has 4 aromatic rings. The number of fused-ring (bicyclic) bond motifs is 1. The van der Waals surface area contributed by atoms with Crippen LogP contribution in [0.2, 0.25) is 5.02 Å². The Morgan fingerprint density at radius 1 is 1.00 bits per heavy atom. The number of nitrogens with zero attached hydrogens (tertiary/aromatic N) is 1. The van der Waals surface area contributed by atoms with Crippen molar-refractivity contribution in [1.29, 1.82) is 0 Å². The van der Waals surface area contributed by atoms with E-state index < -0.39 is 0 Å². The molecule has 4 rings (SSSR count). The highest BCUT2D eigenvalue weighted by molar-refractivity contribution is 6.32. The number of allylic oxidation sites excluding steroid dienone is 1. The first-order valence-corrected chi connectivity index (χ1v) is 10.6. The van der Waals surface area contributed by atoms with Crippen LogP contribution < -0.4 is 0 Å². The Bertz CT molecular complexity index is 1220. The first-order chi connectivity index (χ1) is 14.5. The molecule has 0 spiro atoms. The van der Waals surface area contributed by atoms with Gasteiger partial charge in [0.2, 0.25) is 0 Å². The predicted molar refractivity (Wildman–Crippen MR) is 124 cm³/mol. The molecule has 0 unspecified atom stereocenters. The van der Waals surface area contributed by atoms with Crippen LogP contribution >= 0.6 is 11.6 Å². The van der Waals surface area contributed by atoms with Gasteiger partial charge in [-0.05, 0) is 70.0 Å². The van der Waals surface area contributed by atoms with Crippen molar-refractivity contribution in [2.75, 3.05) is 0 Å². The third-order valence-corrected chi connectivity index (χ3v) is 5.82. The van der Waals surface area contributed by atoms with Gasteiger partial charge in [-0.15, -0.1) is 0 Å². The number of rotatable bonds is 5. The van der Waals surface area contributed by atoms with Crippen LogP contribution in [0.3, 0.4) is 0 Å². The Morgan fingerprint density at radius 3 is 2.40 bits per heavy atom. The van der Waals surface area contributed by atoms with Gasteiger partial charge < -0.3 is 0 Å². The van der Waals surface area contributed by atoms with Crippen molar-refractivity contribution in [2.45, 2.75) is 33.1 Å². The van der Waals surface area contributed by atoms with Gasteiger partial charge in [0.1, 0.15) is 5.82 Å². The van der Waals surface area contributed by atoms with Gasteiger partial charge in [-0.3, -0.25) is 5.10 Å². The summed E-state index contributed by atoms with van der Waals surface area (Å²) in [5.41, 5.74) is 7.52. The largest absolute Gasteiger partial charge is 0.278 e. The van der Waals surface area contributed by atoms with Crippen molar-refractivity contribution in [3.63, 3.8) is 0 Å². The van der Waals surface area contributed by atoms with Crippen molar-refractivity contribution in [3.05, 3.63) is 100.0 Å². The summed E-state index contributed by atoms with van der Waals surface area (Å²) in [5.74, 6) is 0.132. The molecule has 0 aliphatic rings. The topological polar surface area (TPSA) is 28.7 Å². The molecule has 30 heavy (non-hydrogen) atoms. The van der Waals surface area contributed by atoms with Crippen LogP contribution in [-0.2, 0) is 0 Å². The second kappa shape index (κ2) is 8.45. The quantitative estimate of drug-likeness (QED) is 0.328. The SMILES string of the molecule is CC/C(=C(/c1ccc(C(C)C)cc1)c1ccc2[nH]ncc2c1)c1ccc(F)cc1Cl. The van der Waals surface area contributed by atoms with Crippen LogP contribution in [-0.4, -0.2) is 10.2 Å². The molecule has 0 atom stereocenters. The molecule has 0 fully saturated rings. The van der Waals surface area contributed by atoms with E-state index in [1.54, 1.807) is 6.07 Å². The maximum Gasteiger partial charge on any atom is 0.124 e. The highest BCUT2D eigenvalue weighted by Gasteiger charge is 2.16. The molecule has 1 aromatic heterocycles. The molecule has 152 valence electrons. The summed E-state index contributed by atoms with van der Waals surface area (Å²) in [6.45, 7) is 6.48. The molecular weight excluding hydrogens is 395 g/mol. The van der Waals surface area contributed by atoms with Crippen molar-refractivity contribution in [2.24, 2.45) is 0 Å². The van der Waals surface area contributed by atoms with Gasteiger partial charge in [-0.25, -0.2) is 4.39 Å². The van der Waals surface area contributed by atoms with Gasteiger partial charge in [-0.2, -0.15) is 5.10 Å². The van der Waals surface area contributed by atoms with E-state index in [0.29, 0.717) is 10.9 Å². The average molecular weight is 419 g/mol. The smallest absolute Gasteiger partial charge is 0.124 e. The van der Waals surface area contributed by atoms with Crippen LogP contribution in [0.5, 0.6) is 0 Å². The summed E-state index contributed by atoms with van der Waals surface area (Å²) >= 11 is 6.48. The van der Waals surface area contributed by atoms with E-state index in [1.807, 2.05) is 12.3 Å². The highest BCUT2D eigenvalue weighted by Crippen LogP contribution is 2.38. The normalized spacial score (nSPS) is 12.5. The minimum atomic E-state index is -0.332. The number of aromatic amines is 1. The van der Waals surface area contributed by atoms with Crippen LogP contribution in [0.1, 0.15) is 55.4 Å². The number of aromatic nitrogens is 2. The van der Waals surface area contributed by atoms with E-state index in [1.165, 1.54) is 17.7 Å². The van der Waals surface area contributed by atoms with Crippen LogP contribution in [0.15, 0.2) is 66.9 Å². The molecular formula is C26H24ClFN2. The zero-order valence-corrected chi connectivity index (χ0v) is 18.1. The molecule has 1 heterocycles. The molecule has 0 aliphatic heterocycles. The molecule has 0 saturated carbocycles. The lowest BCUT2D eigenvalue weighted by Gasteiger charge is -2.18. The summed E-state index contributed by atoms with van der Waals surface area (Å²) in [6, 6.07) is 19.6. The third kappa shape index (κ3) is 3.90. The van der Waals surface area contributed by atoms with Crippen molar-refractivity contribution >= 4 is 33.7 Å².